The number of sulfonamides is 1. The van der Waals surface area contributed by atoms with Crippen molar-refractivity contribution >= 4 is 21.7 Å². The highest BCUT2D eigenvalue weighted by Gasteiger charge is 2.22. The van der Waals surface area contributed by atoms with Gasteiger partial charge in [0.2, 0.25) is 0 Å². The molecular weight excluding hydrogens is 299 g/mol. The molecule has 2 aromatic rings. The van der Waals surface area contributed by atoms with Crippen molar-refractivity contribution in [3.05, 3.63) is 53.6 Å². The summed E-state index contributed by atoms with van der Waals surface area (Å²) in [6.45, 7) is 1.27. The van der Waals surface area contributed by atoms with Gasteiger partial charge in [-0.3, -0.25) is 9.71 Å². The second-order valence-corrected chi connectivity index (χ2v) is 5.88. The third-order valence-corrected chi connectivity index (χ3v) is 4.27. The van der Waals surface area contributed by atoms with E-state index in [4.69, 9.17) is 5.11 Å². The molecule has 0 amide bonds. The Morgan fingerprint density at radius 2 is 1.90 bits per heavy atom. The molecule has 1 heterocycles. The quantitative estimate of drug-likeness (QED) is 0.900. The van der Waals surface area contributed by atoms with Crippen LogP contribution in [0.15, 0.2) is 41.6 Å². The Morgan fingerprint density at radius 3 is 2.48 bits per heavy atom. The van der Waals surface area contributed by atoms with Gasteiger partial charge < -0.3 is 5.11 Å². The van der Waals surface area contributed by atoms with E-state index in [0.29, 0.717) is 0 Å². The molecule has 0 radical (unpaired) electrons. The maximum absolute atomic E-state index is 13.7. The van der Waals surface area contributed by atoms with Gasteiger partial charge in [-0.2, -0.15) is 0 Å². The number of nitrogens with one attached hydrogen (secondary N) is 1. The average molecular weight is 310 g/mol. The van der Waals surface area contributed by atoms with E-state index in [1.54, 1.807) is 0 Å². The first-order valence-electron chi connectivity index (χ1n) is 5.77. The lowest BCUT2D eigenvalue weighted by molar-refractivity contribution is 0.0696. The zero-order chi connectivity index (χ0) is 15.6. The number of aromatic nitrogens is 1. The largest absolute Gasteiger partial charge is 0.478 e. The predicted octanol–water partition coefficient (Wildman–Crippen LogP) is 2.03. The zero-order valence-corrected chi connectivity index (χ0v) is 11.7. The molecule has 0 atom stereocenters. The number of carbonyl (C=O) groups is 1. The van der Waals surface area contributed by atoms with Crippen molar-refractivity contribution < 1.29 is 22.7 Å². The first-order valence-corrected chi connectivity index (χ1v) is 7.26. The molecule has 0 aliphatic rings. The number of halogens is 1. The lowest BCUT2D eigenvalue weighted by Gasteiger charge is -2.11. The molecule has 0 aliphatic heterocycles. The fourth-order valence-electron chi connectivity index (χ4n) is 1.69. The maximum atomic E-state index is 13.7. The highest BCUT2D eigenvalue weighted by atomic mass is 32.2. The van der Waals surface area contributed by atoms with Crippen molar-refractivity contribution in [2.75, 3.05) is 4.72 Å². The van der Waals surface area contributed by atoms with E-state index in [0.717, 1.165) is 12.1 Å². The highest BCUT2D eigenvalue weighted by Crippen LogP contribution is 2.23. The van der Waals surface area contributed by atoms with Crippen LogP contribution in [0.25, 0.3) is 0 Å². The van der Waals surface area contributed by atoms with Gasteiger partial charge in [-0.1, -0.05) is 0 Å². The summed E-state index contributed by atoms with van der Waals surface area (Å²) in [5.74, 6) is -2.31. The second-order valence-electron chi connectivity index (χ2n) is 4.23. The van der Waals surface area contributed by atoms with Gasteiger partial charge in [-0.05, 0) is 31.2 Å². The van der Waals surface area contributed by atoms with Crippen LogP contribution in [0.4, 0.5) is 10.1 Å². The number of pyridine rings is 1. The van der Waals surface area contributed by atoms with E-state index >= 15 is 0 Å². The van der Waals surface area contributed by atoms with Gasteiger partial charge in [0.25, 0.3) is 10.0 Å². The third kappa shape index (κ3) is 3.16. The molecule has 0 fully saturated rings. The molecule has 8 heteroatoms. The summed E-state index contributed by atoms with van der Waals surface area (Å²) in [6, 6.07) is 4.54. The van der Waals surface area contributed by atoms with Gasteiger partial charge in [-0.15, -0.1) is 0 Å². The van der Waals surface area contributed by atoms with Gasteiger partial charge >= 0.3 is 5.97 Å². The van der Waals surface area contributed by atoms with E-state index < -0.39 is 32.3 Å². The van der Waals surface area contributed by atoms with Crippen LogP contribution in [0.1, 0.15) is 15.9 Å². The predicted molar refractivity (Wildman–Crippen MR) is 73.1 cm³/mol. The van der Waals surface area contributed by atoms with Crippen molar-refractivity contribution in [1.29, 1.82) is 0 Å². The van der Waals surface area contributed by atoms with Gasteiger partial charge in [0.15, 0.2) is 0 Å². The summed E-state index contributed by atoms with van der Waals surface area (Å²) < 4.78 is 40.5. The number of carboxylic acids is 1. The molecule has 0 saturated heterocycles. The number of carboxylic acid groups (broad SMARTS) is 1. The van der Waals surface area contributed by atoms with Crippen LogP contribution in [-0.4, -0.2) is 24.5 Å². The van der Waals surface area contributed by atoms with E-state index in [2.05, 4.69) is 9.71 Å². The summed E-state index contributed by atoms with van der Waals surface area (Å²) >= 11 is 0. The van der Waals surface area contributed by atoms with Crippen molar-refractivity contribution in [3.63, 3.8) is 0 Å². The van der Waals surface area contributed by atoms with Crippen molar-refractivity contribution in [1.82, 2.24) is 4.98 Å². The smallest absolute Gasteiger partial charge is 0.335 e. The molecule has 110 valence electrons. The number of nitrogens with zero attached hydrogens (tertiary/aromatic N) is 1. The minimum Gasteiger partial charge on any atom is -0.478 e. The van der Waals surface area contributed by atoms with Crippen LogP contribution in [0.5, 0.6) is 0 Å². The van der Waals surface area contributed by atoms with Gasteiger partial charge in [-0.25, -0.2) is 17.6 Å². The van der Waals surface area contributed by atoms with Gasteiger partial charge in [0, 0.05) is 18.0 Å². The summed E-state index contributed by atoms with van der Waals surface area (Å²) in [5.41, 5.74) is -0.347. The molecule has 6 nitrogen and oxygen atoms in total. The number of aromatic carboxylic acids is 1. The van der Waals surface area contributed by atoms with Gasteiger partial charge in [0.1, 0.15) is 5.82 Å². The molecule has 1 aromatic carbocycles. The molecule has 0 spiro atoms. The molecule has 0 saturated carbocycles. The summed E-state index contributed by atoms with van der Waals surface area (Å²) in [7, 11) is -4.10. The summed E-state index contributed by atoms with van der Waals surface area (Å²) in [5, 5.41) is 8.89. The fraction of sp³-hybridized carbons (Fsp3) is 0.0769. The minimum absolute atomic E-state index is 0.151. The van der Waals surface area contributed by atoms with E-state index in [-0.39, 0.29) is 11.3 Å². The number of anilines is 1. The van der Waals surface area contributed by atoms with Gasteiger partial charge in [0.05, 0.1) is 16.1 Å². The molecule has 1 aromatic heterocycles. The van der Waals surface area contributed by atoms with Crippen molar-refractivity contribution in [2.45, 2.75) is 11.8 Å². The molecule has 2 rings (SSSR count). The Morgan fingerprint density at radius 1 is 1.29 bits per heavy atom. The first-order chi connectivity index (χ1) is 9.81. The zero-order valence-electron chi connectivity index (χ0n) is 10.9. The Bertz CT molecular complexity index is 791. The highest BCUT2D eigenvalue weighted by molar-refractivity contribution is 7.92. The molecule has 2 N–H and O–H groups in total. The van der Waals surface area contributed by atoms with Crippen LogP contribution >= 0.6 is 0 Å². The molecule has 0 unspecified atom stereocenters. The summed E-state index contributed by atoms with van der Waals surface area (Å²) in [4.78, 5) is 14.2. The monoisotopic (exact) mass is 310 g/mol. The van der Waals surface area contributed by atoms with E-state index in [1.807, 2.05) is 0 Å². The first kappa shape index (κ1) is 14.9. The van der Waals surface area contributed by atoms with Crippen LogP contribution in [0.2, 0.25) is 0 Å². The SMILES string of the molecule is Cc1c(F)cc(C(=O)O)cc1S(=O)(=O)Nc1ccncc1. The maximum Gasteiger partial charge on any atom is 0.335 e. The average Bonchev–Trinajstić information content (AvgIpc) is 2.41. The minimum atomic E-state index is -4.10. The molecule has 0 aliphatic carbocycles. The van der Waals surface area contributed by atoms with Crippen molar-refractivity contribution in [3.8, 4) is 0 Å². The van der Waals surface area contributed by atoms with E-state index in [9.17, 15) is 17.6 Å². The normalized spacial score (nSPS) is 11.1. The number of hydrogen-bond donors (Lipinski definition) is 2. The summed E-state index contributed by atoms with van der Waals surface area (Å²) in [6.07, 6.45) is 2.78. The number of hydrogen-bond acceptors (Lipinski definition) is 4. The molecule has 21 heavy (non-hydrogen) atoms. The lowest BCUT2D eigenvalue weighted by Crippen LogP contribution is -2.16. The Hall–Kier alpha value is -2.48. The topological polar surface area (TPSA) is 96.4 Å². The molecule has 0 bridgehead atoms. The number of benzene rings is 1. The fourth-order valence-corrected chi connectivity index (χ4v) is 3.03. The van der Waals surface area contributed by atoms with Crippen LogP contribution < -0.4 is 4.72 Å². The standard InChI is InChI=1S/C13H11FN2O4S/c1-8-11(14)6-9(13(17)18)7-12(8)21(19,20)16-10-2-4-15-5-3-10/h2-7H,1H3,(H,15,16)(H,17,18). The van der Waals surface area contributed by atoms with Crippen LogP contribution in [-0.2, 0) is 10.0 Å². The third-order valence-electron chi connectivity index (χ3n) is 2.77. The van der Waals surface area contributed by atoms with Crippen LogP contribution in [0, 0.1) is 12.7 Å². The van der Waals surface area contributed by atoms with Crippen molar-refractivity contribution in [2.24, 2.45) is 0 Å². The molecular formula is C13H11FN2O4S. The Kier molecular flexibility index (Phi) is 3.90. The van der Waals surface area contributed by atoms with Crippen LogP contribution in [0.3, 0.4) is 0 Å². The number of rotatable bonds is 4. The van der Waals surface area contributed by atoms with E-state index in [1.165, 1.54) is 31.5 Å². The Labute approximate surface area is 120 Å². The second kappa shape index (κ2) is 5.49. The lowest BCUT2D eigenvalue weighted by atomic mass is 10.1. The Balaban J connectivity index is 2.52.